The number of hydrogen-bond donors (Lipinski definition) is 0. The summed E-state index contributed by atoms with van der Waals surface area (Å²) in [4.78, 5) is 0. The van der Waals surface area contributed by atoms with Gasteiger partial charge in [0.2, 0.25) is 16.6 Å². The van der Waals surface area contributed by atoms with Crippen LogP contribution in [-0.2, 0) is 38.9 Å². The zero-order valence-corrected chi connectivity index (χ0v) is 37.5. The molecule has 3 nitrogen and oxygen atoms in total. The molecule has 0 atom stereocenters. The summed E-state index contributed by atoms with van der Waals surface area (Å²) in [6.45, 7) is 9.62. The van der Waals surface area contributed by atoms with Gasteiger partial charge < -0.3 is 0 Å². The first-order chi connectivity index (χ1) is 29.5. The minimum absolute atomic E-state index is 0.859. The summed E-state index contributed by atoms with van der Waals surface area (Å²) in [6, 6.07) is 39.6. The molecule has 0 fully saturated rings. The summed E-state index contributed by atoms with van der Waals surface area (Å²) in [5.41, 5.74) is 12.8. The van der Waals surface area contributed by atoms with Crippen molar-refractivity contribution in [1.29, 1.82) is 0 Å². The molecule has 0 unspecified atom stereocenters. The number of benzene rings is 4. The Kier molecular flexibility index (Phi) is 13.6. The molecule has 3 heterocycles. The summed E-state index contributed by atoms with van der Waals surface area (Å²) in [6.07, 6.45) is 9.78. The number of para-hydroxylation sites is 3. The number of rotatable bonds is 9. The molecule has 0 N–H and O–H groups in total. The van der Waals surface area contributed by atoms with E-state index in [-0.39, 0.29) is 0 Å². The predicted molar refractivity (Wildman–Crippen MR) is 225 cm³/mol. The topological polar surface area (TPSA) is 11.6 Å². The predicted octanol–water partition coefficient (Wildman–Crippen LogP) is 18.0. The van der Waals surface area contributed by atoms with E-state index in [2.05, 4.69) is 162 Å². The van der Waals surface area contributed by atoms with Crippen LogP contribution in [0.5, 0.6) is 0 Å². The summed E-state index contributed by atoms with van der Waals surface area (Å²) in [7, 11) is -32.0. The van der Waals surface area contributed by atoms with Crippen LogP contribution >= 0.6 is 23.4 Å². The van der Waals surface area contributed by atoms with E-state index in [1.165, 1.54) is 66.1 Å². The SMILES string of the molecule is CCc1c(C[n+]2cccc3ccccc32)c(CC)c(C[n+]2cccc3ccccc32)c(CC)c1C[n+]1cccc2ccccc21.F[P-](F)(F)(F)(F)F.F[P-](F)(F)(F)(F)F.F[P-](F)(F)(F)(F)F. The summed E-state index contributed by atoms with van der Waals surface area (Å²) < 4.78 is 185. The molecule has 0 aliphatic carbocycles. The monoisotopic (exact) mass is 1020 g/mol. The first-order valence-electron chi connectivity index (χ1n) is 19.5. The summed E-state index contributed by atoms with van der Waals surface area (Å²) >= 11 is 0. The molecule has 7 rings (SSSR count). The van der Waals surface area contributed by atoms with Crippen molar-refractivity contribution in [2.45, 2.75) is 59.7 Å². The summed E-state index contributed by atoms with van der Waals surface area (Å²) in [5, 5.41) is 3.83. The van der Waals surface area contributed by atoms with Gasteiger partial charge in [-0.3, -0.25) is 0 Å². The molecular weight excluding hydrogens is 981 g/mol. The molecule has 4 aromatic carbocycles. The van der Waals surface area contributed by atoms with Crippen molar-refractivity contribution >= 4 is 56.1 Å². The molecule has 66 heavy (non-hydrogen) atoms. The third-order valence-electron chi connectivity index (χ3n) is 9.60. The molecule has 0 aliphatic heterocycles. The molecule has 366 valence electrons. The van der Waals surface area contributed by atoms with Gasteiger partial charge in [-0.05, 0) is 72.4 Å². The normalized spacial score (nSPS) is 15.2. The van der Waals surface area contributed by atoms with Crippen LogP contribution in [0, 0.1) is 0 Å². The Bertz CT molecular complexity index is 2510. The van der Waals surface area contributed by atoms with Crippen LogP contribution in [0.25, 0.3) is 32.7 Å². The van der Waals surface area contributed by atoms with Gasteiger partial charge in [0.05, 0.1) is 0 Å². The third kappa shape index (κ3) is 19.9. The first kappa shape index (κ1) is 53.8. The van der Waals surface area contributed by atoms with E-state index in [0.717, 1.165) is 38.9 Å². The van der Waals surface area contributed by atoms with Gasteiger partial charge in [-0.2, -0.15) is 13.7 Å². The van der Waals surface area contributed by atoms with Crippen LogP contribution in [0.15, 0.2) is 128 Å². The maximum atomic E-state index is 9.87. The number of aromatic nitrogens is 3. The van der Waals surface area contributed by atoms with Gasteiger partial charge >= 0.3 is 99.0 Å². The zero-order chi connectivity index (χ0) is 50.0. The van der Waals surface area contributed by atoms with E-state index in [9.17, 15) is 75.5 Å². The number of hydrogen-bond acceptors (Lipinski definition) is 0. The van der Waals surface area contributed by atoms with Gasteiger partial charge in [0.15, 0.2) is 38.2 Å². The fraction of sp³-hybridized carbons (Fsp3) is 0.214. The molecule has 0 bridgehead atoms. The standard InChI is InChI=1S/C42H42N3.3F6P/c1-4-34-37(28-43-25-13-19-31-16-7-10-22-40(31)43)35(5-2)39(30-45-27-15-21-33-18-9-12-24-42(33)45)36(6-3)38(34)29-44-26-14-20-32-17-8-11-23-41(32)44;3*1-7(2,3,4,5)6/h7-27H,4-6,28-30H2,1-3H3;;;/q+3;3*-1. The molecular formula is C42H42F18N3P3. The van der Waals surface area contributed by atoms with Crippen molar-refractivity contribution < 1.29 is 89.2 Å². The van der Waals surface area contributed by atoms with Gasteiger partial charge in [-0.15, -0.1) is 0 Å². The number of fused-ring (bicyclic) bond motifs is 3. The third-order valence-corrected chi connectivity index (χ3v) is 9.60. The number of nitrogens with zero attached hydrogens (tertiary/aromatic N) is 3. The number of pyridine rings is 3. The quantitative estimate of drug-likeness (QED) is 0.0776. The molecule has 0 saturated carbocycles. The van der Waals surface area contributed by atoms with Crippen LogP contribution in [-0.4, -0.2) is 0 Å². The second-order valence-corrected chi connectivity index (χ2v) is 20.6. The van der Waals surface area contributed by atoms with Crippen molar-refractivity contribution in [1.82, 2.24) is 0 Å². The molecule has 0 spiro atoms. The second-order valence-electron chi connectivity index (χ2n) is 14.9. The molecule has 0 amide bonds. The van der Waals surface area contributed by atoms with E-state index in [1.807, 2.05) is 0 Å². The Balaban J connectivity index is 0.000000377. The summed E-state index contributed by atoms with van der Waals surface area (Å²) in [5.74, 6) is 0. The van der Waals surface area contributed by atoms with E-state index >= 15 is 0 Å². The van der Waals surface area contributed by atoms with Crippen LogP contribution in [0.1, 0.15) is 54.2 Å². The Hall–Kier alpha value is -4.86. The van der Waals surface area contributed by atoms with E-state index in [4.69, 9.17) is 0 Å². The fourth-order valence-electron chi connectivity index (χ4n) is 7.53. The van der Waals surface area contributed by atoms with Crippen LogP contribution in [0.3, 0.4) is 0 Å². The van der Waals surface area contributed by atoms with E-state index in [1.54, 1.807) is 0 Å². The first-order valence-corrected chi connectivity index (χ1v) is 25.6. The van der Waals surface area contributed by atoms with Gasteiger partial charge in [-0.25, -0.2) is 0 Å². The molecule has 7 aromatic rings. The Labute approximate surface area is 365 Å². The number of halogens is 18. The molecule has 24 heteroatoms. The molecule has 0 aliphatic rings. The van der Waals surface area contributed by atoms with Crippen molar-refractivity contribution in [3.8, 4) is 0 Å². The van der Waals surface area contributed by atoms with Gasteiger partial charge in [-0.1, -0.05) is 57.2 Å². The second kappa shape index (κ2) is 16.7. The van der Waals surface area contributed by atoms with Crippen LogP contribution in [0.4, 0.5) is 75.5 Å². The molecule has 3 aromatic heterocycles. The average Bonchev–Trinajstić information content (AvgIpc) is 3.15. The van der Waals surface area contributed by atoms with E-state index in [0.29, 0.717) is 0 Å². The fourth-order valence-corrected chi connectivity index (χ4v) is 7.53. The molecule has 0 saturated heterocycles. The van der Waals surface area contributed by atoms with Crippen molar-refractivity contribution in [3.63, 3.8) is 0 Å². The zero-order valence-electron chi connectivity index (χ0n) is 34.9. The maximum absolute atomic E-state index is 10.7. The van der Waals surface area contributed by atoms with Crippen molar-refractivity contribution in [2.75, 3.05) is 0 Å². The van der Waals surface area contributed by atoms with Gasteiger partial charge in [0.1, 0.15) is 0 Å². The Morgan fingerprint density at radius 1 is 0.288 bits per heavy atom. The average molecular weight is 1020 g/mol. The van der Waals surface area contributed by atoms with Gasteiger partial charge in [0.25, 0.3) is 0 Å². The minimum atomic E-state index is -10.7. The van der Waals surface area contributed by atoms with Crippen molar-refractivity contribution in [3.05, 3.63) is 161 Å². The molecule has 0 radical (unpaired) electrons. The Morgan fingerprint density at radius 3 is 0.667 bits per heavy atom. The Morgan fingerprint density at radius 2 is 0.470 bits per heavy atom. The van der Waals surface area contributed by atoms with E-state index < -0.39 is 23.4 Å². The van der Waals surface area contributed by atoms with Crippen LogP contribution in [0.2, 0.25) is 0 Å². The van der Waals surface area contributed by atoms with Gasteiger partial charge in [0, 0.05) is 69.2 Å². The van der Waals surface area contributed by atoms with Crippen molar-refractivity contribution in [2.24, 2.45) is 0 Å². The van der Waals surface area contributed by atoms with Crippen LogP contribution < -0.4 is 13.7 Å².